The first-order chi connectivity index (χ1) is 13.4. The molecular weight excluding hydrogens is 380 g/mol. The molecule has 7 nitrogen and oxygen atoms in total. The predicted molar refractivity (Wildman–Crippen MR) is 107 cm³/mol. The predicted octanol–water partition coefficient (Wildman–Crippen LogP) is 3.72. The van der Waals surface area contributed by atoms with Crippen LogP contribution in [0.1, 0.15) is 13.8 Å². The van der Waals surface area contributed by atoms with Gasteiger partial charge in [0.05, 0.1) is 11.0 Å². The Kier molecular flexibility index (Phi) is 4.60. The van der Waals surface area contributed by atoms with E-state index >= 15 is 0 Å². The molecule has 142 valence electrons. The first kappa shape index (κ1) is 18.2. The van der Waals surface area contributed by atoms with Crippen molar-refractivity contribution in [2.45, 2.75) is 20.4 Å². The van der Waals surface area contributed by atoms with Crippen molar-refractivity contribution in [1.29, 1.82) is 0 Å². The van der Waals surface area contributed by atoms with E-state index in [9.17, 15) is 9.59 Å². The van der Waals surface area contributed by atoms with Gasteiger partial charge in [0, 0.05) is 22.7 Å². The van der Waals surface area contributed by atoms with Gasteiger partial charge in [0.2, 0.25) is 5.82 Å². The van der Waals surface area contributed by atoms with Crippen molar-refractivity contribution in [2.24, 2.45) is 5.92 Å². The summed E-state index contributed by atoms with van der Waals surface area (Å²) in [6.45, 7) is 4.44. The summed E-state index contributed by atoms with van der Waals surface area (Å²) in [5.74, 6) is 0.973. The maximum absolute atomic E-state index is 12.2. The largest absolute Gasteiger partial charge is 0.334 e. The number of halogens is 1. The first-order valence-corrected chi connectivity index (χ1v) is 9.17. The second kappa shape index (κ2) is 7.09. The zero-order valence-electron chi connectivity index (χ0n) is 15.3. The molecule has 0 unspecified atom stereocenters. The highest BCUT2D eigenvalue weighted by Gasteiger charge is 2.14. The van der Waals surface area contributed by atoms with Gasteiger partial charge in [0.1, 0.15) is 0 Å². The number of nitrogens with one attached hydrogen (secondary N) is 1. The Hall–Kier alpha value is -3.19. The van der Waals surface area contributed by atoms with Crippen LogP contribution in [0.5, 0.6) is 0 Å². The molecule has 0 aliphatic heterocycles. The highest BCUT2D eigenvalue weighted by atomic mass is 35.5. The Morgan fingerprint density at radius 1 is 1.11 bits per heavy atom. The maximum atomic E-state index is 12.2. The number of H-pyrrole nitrogens is 1. The van der Waals surface area contributed by atoms with E-state index in [0.29, 0.717) is 39.9 Å². The van der Waals surface area contributed by atoms with E-state index in [1.165, 1.54) is 4.57 Å². The van der Waals surface area contributed by atoms with Gasteiger partial charge < -0.3 is 14.1 Å². The van der Waals surface area contributed by atoms with Crippen molar-refractivity contribution < 1.29 is 4.52 Å². The van der Waals surface area contributed by atoms with Gasteiger partial charge in [-0.15, -0.1) is 0 Å². The number of nitrogens with zero attached hydrogens (tertiary/aromatic N) is 3. The second-order valence-corrected chi connectivity index (χ2v) is 7.36. The topological polar surface area (TPSA) is 93.8 Å². The zero-order chi connectivity index (χ0) is 19.8. The number of aromatic nitrogens is 4. The summed E-state index contributed by atoms with van der Waals surface area (Å²) in [7, 11) is 0. The summed E-state index contributed by atoms with van der Waals surface area (Å²) >= 11 is 5.90. The third kappa shape index (κ3) is 3.36. The summed E-state index contributed by atoms with van der Waals surface area (Å²) in [4.78, 5) is 31.3. The SMILES string of the molecule is CC(C)Cn1c(=O)c(=O)[nH]c2cc(-c3noc(-c4ccc(Cl)cc4)n3)ccc21. The molecule has 8 heteroatoms. The normalized spacial score (nSPS) is 11.4. The number of fused-ring (bicyclic) bond motifs is 1. The molecule has 2 heterocycles. The van der Waals surface area contributed by atoms with E-state index in [0.717, 1.165) is 5.56 Å². The second-order valence-electron chi connectivity index (χ2n) is 6.93. The molecule has 4 rings (SSSR count). The van der Waals surface area contributed by atoms with E-state index in [2.05, 4.69) is 15.1 Å². The Labute approximate surface area is 164 Å². The fraction of sp³-hybridized carbons (Fsp3) is 0.200. The van der Waals surface area contributed by atoms with Crippen molar-refractivity contribution in [1.82, 2.24) is 19.7 Å². The number of benzene rings is 2. The van der Waals surface area contributed by atoms with Crippen LogP contribution in [0.4, 0.5) is 0 Å². The van der Waals surface area contributed by atoms with Crippen molar-refractivity contribution in [3.63, 3.8) is 0 Å². The lowest BCUT2D eigenvalue weighted by molar-refractivity contribution is 0.432. The van der Waals surface area contributed by atoms with Crippen LogP contribution >= 0.6 is 11.6 Å². The molecule has 0 saturated carbocycles. The molecule has 2 aromatic carbocycles. The minimum Gasteiger partial charge on any atom is -0.334 e. The van der Waals surface area contributed by atoms with Crippen molar-refractivity contribution >= 4 is 22.6 Å². The molecule has 1 N–H and O–H groups in total. The average molecular weight is 397 g/mol. The van der Waals surface area contributed by atoms with E-state index in [1.54, 1.807) is 42.5 Å². The van der Waals surface area contributed by atoms with Gasteiger partial charge in [-0.2, -0.15) is 4.98 Å². The van der Waals surface area contributed by atoms with Crippen LogP contribution < -0.4 is 11.1 Å². The molecule has 0 radical (unpaired) electrons. The summed E-state index contributed by atoms with van der Waals surface area (Å²) < 4.78 is 6.84. The lowest BCUT2D eigenvalue weighted by Crippen LogP contribution is -2.37. The van der Waals surface area contributed by atoms with Gasteiger partial charge in [0.15, 0.2) is 0 Å². The number of aromatic amines is 1. The Morgan fingerprint density at radius 2 is 1.82 bits per heavy atom. The van der Waals surface area contributed by atoms with E-state index in [4.69, 9.17) is 16.1 Å². The van der Waals surface area contributed by atoms with E-state index in [-0.39, 0.29) is 5.92 Å². The molecule has 0 spiro atoms. The summed E-state index contributed by atoms with van der Waals surface area (Å²) in [5.41, 5.74) is 1.41. The van der Waals surface area contributed by atoms with Gasteiger partial charge >= 0.3 is 11.1 Å². The van der Waals surface area contributed by atoms with Gasteiger partial charge in [-0.1, -0.05) is 30.6 Å². The molecule has 0 aliphatic rings. The van der Waals surface area contributed by atoms with Crippen LogP contribution in [-0.2, 0) is 6.54 Å². The Bertz CT molecular complexity index is 1270. The summed E-state index contributed by atoms with van der Waals surface area (Å²) in [6.07, 6.45) is 0. The summed E-state index contributed by atoms with van der Waals surface area (Å²) in [6, 6.07) is 12.4. The average Bonchev–Trinajstić information content (AvgIpc) is 3.15. The number of rotatable bonds is 4. The Balaban J connectivity index is 1.78. The smallest absolute Gasteiger partial charge is 0.316 e. The molecule has 0 aliphatic carbocycles. The molecule has 0 fully saturated rings. The highest BCUT2D eigenvalue weighted by Crippen LogP contribution is 2.25. The van der Waals surface area contributed by atoms with Gasteiger partial charge in [-0.05, 0) is 48.4 Å². The Morgan fingerprint density at radius 3 is 2.54 bits per heavy atom. The molecule has 0 atom stereocenters. The molecular formula is C20H17ClN4O3. The highest BCUT2D eigenvalue weighted by molar-refractivity contribution is 6.30. The quantitative estimate of drug-likeness (QED) is 0.530. The standard InChI is InChI=1S/C20H17ClN4O3/c1-11(2)10-25-16-8-5-13(9-15(16)22-18(26)20(25)27)17-23-19(28-24-17)12-3-6-14(21)7-4-12/h3-9,11H,10H2,1-2H3,(H,22,26). The van der Waals surface area contributed by atoms with Crippen molar-refractivity contribution in [3.8, 4) is 22.8 Å². The number of hydrogen-bond donors (Lipinski definition) is 1. The maximum Gasteiger partial charge on any atom is 0.316 e. The molecule has 2 aromatic heterocycles. The third-order valence-electron chi connectivity index (χ3n) is 4.30. The van der Waals surface area contributed by atoms with Crippen LogP contribution in [0.15, 0.2) is 56.6 Å². The zero-order valence-corrected chi connectivity index (χ0v) is 16.0. The first-order valence-electron chi connectivity index (χ1n) is 8.79. The number of hydrogen-bond acceptors (Lipinski definition) is 5. The monoisotopic (exact) mass is 396 g/mol. The molecule has 28 heavy (non-hydrogen) atoms. The molecule has 4 aromatic rings. The van der Waals surface area contributed by atoms with Crippen LogP contribution in [0.25, 0.3) is 33.9 Å². The van der Waals surface area contributed by atoms with E-state index < -0.39 is 11.1 Å². The van der Waals surface area contributed by atoms with Gasteiger partial charge in [-0.25, -0.2) is 0 Å². The fourth-order valence-corrected chi connectivity index (χ4v) is 3.14. The van der Waals surface area contributed by atoms with Crippen LogP contribution in [0.2, 0.25) is 5.02 Å². The van der Waals surface area contributed by atoms with Crippen molar-refractivity contribution in [3.05, 3.63) is 68.2 Å². The molecule has 0 saturated heterocycles. The molecule has 0 amide bonds. The minimum atomic E-state index is -0.653. The lowest BCUT2D eigenvalue weighted by atomic mass is 10.1. The van der Waals surface area contributed by atoms with E-state index in [1.807, 2.05) is 13.8 Å². The van der Waals surface area contributed by atoms with Crippen LogP contribution in [-0.4, -0.2) is 19.7 Å². The van der Waals surface area contributed by atoms with Crippen LogP contribution in [0.3, 0.4) is 0 Å². The van der Waals surface area contributed by atoms with Gasteiger partial charge in [-0.3, -0.25) is 9.59 Å². The van der Waals surface area contributed by atoms with Gasteiger partial charge in [0.25, 0.3) is 5.89 Å². The summed E-state index contributed by atoms with van der Waals surface area (Å²) in [5, 5.41) is 4.64. The lowest BCUT2D eigenvalue weighted by Gasteiger charge is -2.12. The fourth-order valence-electron chi connectivity index (χ4n) is 3.02. The van der Waals surface area contributed by atoms with Crippen LogP contribution in [0, 0.1) is 5.92 Å². The van der Waals surface area contributed by atoms with Crippen molar-refractivity contribution in [2.75, 3.05) is 0 Å². The molecule has 0 bridgehead atoms. The minimum absolute atomic E-state index is 0.224. The third-order valence-corrected chi connectivity index (χ3v) is 4.55.